The van der Waals surface area contributed by atoms with Gasteiger partial charge in [0.25, 0.3) is 0 Å². The van der Waals surface area contributed by atoms with Gasteiger partial charge in [-0.05, 0) is 29.8 Å². The lowest BCUT2D eigenvalue weighted by atomic mass is 10.1. The van der Waals surface area contributed by atoms with E-state index in [2.05, 4.69) is 5.32 Å². The molecule has 0 unspecified atom stereocenters. The van der Waals surface area contributed by atoms with Gasteiger partial charge < -0.3 is 5.73 Å². The summed E-state index contributed by atoms with van der Waals surface area (Å²) in [4.78, 5) is 23.2. The molecule has 3 N–H and O–H groups in total. The summed E-state index contributed by atoms with van der Waals surface area (Å²) in [6.07, 6.45) is 0. The minimum atomic E-state index is -0.823. The molecule has 0 spiro atoms. The van der Waals surface area contributed by atoms with Crippen LogP contribution in [0.5, 0.6) is 0 Å². The summed E-state index contributed by atoms with van der Waals surface area (Å²) in [5.74, 6) is -0.384. The third-order valence-electron chi connectivity index (χ3n) is 2.65. The zero-order valence-electron chi connectivity index (χ0n) is 10.4. The fourth-order valence-corrected chi connectivity index (χ4v) is 2.64. The topological polar surface area (TPSA) is 72.2 Å². The number of rotatable bonds is 3. The largest absolute Gasteiger partial charge is 0.351 e. The Morgan fingerprint density at radius 3 is 2.53 bits per heavy atom. The van der Waals surface area contributed by atoms with Crippen molar-refractivity contribution >= 4 is 34.5 Å². The number of primary amides is 1. The number of urea groups is 1. The molecule has 0 fully saturated rings. The predicted molar refractivity (Wildman–Crippen MR) is 77.0 cm³/mol. The maximum Gasteiger partial charge on any atom is 0.318 e. The first-order valence-corrected chi connectivity index (χ1v) is 6.70. The molecule has 2 rings (SSSR count). The van der Waals surface area contributed by atoms with Crippen LogP contribution >= 0.6 is 11.8 Å². The fraction of sp³-hybridized carbons (Fsp3) is 0.143. The number of amides is 3. The number of thioether (sulfide) groups is 1. The Hall–Kier alpha value is -2.01. The van der Waals surface area contributed by atoms with Crippen molar-refractivity contribution in [1.82, 2.24) is 5.32 Å². The van der Waals surface area contributed by atoms with Crippen LogP contribution in [-0.2, 0) is 4.79 Å². The van der Waals surface area contributed by atoms with E-state index in [0.717, 1.165) is 15.7 Å². The Morgan fingerprint density at radius 2 is 1.84 bits per heavy atom. The molecule has 4 nitrogen and oxygen atoms in total. The van der Waals surface area contributed by atoms with Crippen molar-refractivity contribution in [3.05, 3.63) is 42.5 Å². The van der Waals surface area contributed by atoms with Crippen molar-refractivity contribution in [3.8, 4) is 0 Å². The quantitative estimate of drug-likeness (QED) is 0.845. The number of carbonyl (C=O) groups excluding carboxylic acids is 2. The smallest absolute Gasteiger partial charge is 0.318 e. The maximum absolute atomic E-state index is 11.6. The van der Waals surface area contributed by atoms with Crippen LogP contribution in [0, 0.1) is 0 Å². The number of imide groups is 1. The maximum atomic E-state index is 11.6. The molecule has 0 saturated heterocycles. The van der Waals surface area contributed by atoms with Gasteiger partial charge in [0.05, 0.1) is 5.25 Å². The molecule has 0 aliphatic rings. The first kappa shape index (κ1) is 13.4. The summed E-state index contributed by atoms with van der Waals surface area (Å²) in [6.45, 7) is 1.73. The van der Waals surface area contributed by atoms with E-state index in [1.165, 1.54) is 11.8 Å². The molecule has 0 aliphatic heterocycles. The van der Waals surface area contributed by atoms with Gasteiger partial charge in [-0.15, -0.1) is 11.8 Å². The van der Waals surface area contributed by atoms with Gasteiger partial charge in [-0.2, -0.15) is 0 Å². The summed E-state index contributed by atoms with van der Waals surface area (Å²) in [5, 5.41) is 3.97. The SMILES string of the molecule is C[C@H](Sc1ccc2ccccc2c1)C(=O)NC(N)=O. The molecular weight excluding hydrogens is 260 g/mol. The van der Waals surface area contributed by atoms with Crippen molar-refractivity contribution in [3.63, 3.8) is 0 Å². The average Bonchev–Trinajstić information content (AvgIpc) is 2.37. The summed E-state index contributed by atoms with van der Waals surface area (Å²) in [6, 6.07) is 13.2. The number of carbonyl (C=O) groups is 2. The van der Waals surface area contributed by atoms with Crippen LogP contribution in [0.2, 0.25) is 0 Å². The molecule has 3 amide bonds. The van der Waals surface area contributed by atoms with E-state index in [1.54, 1.807) is 6.92 Å². The zero-order chi connectivity index (χ0) is 13.8. The van der Waals surface area contributed by atoms with Crippen molar-refractivity contribution < 1.29 is 9.59 Å². The number of hydrogen-bond donors (Lipinski definition) is 2. The Balaban J connectivity index is 2.12. The van der Waals surface area contributed by atoms with Gasteiger partial charge in [0.15, 0.2) is 0 Å². The summed E-state index contributed by atoms with van der Waals surface area (Å²) in [7, 11) is 0. The van der Waals surface area contributed by atoms with Crippen LogP contribution in [0.15, 0.2) is 47.4 Å². The Morgan fingerprint density at radius 1 is 1.16 bits per heavy atom. The standard InChI is InChI=1S/C14H14N2O2S/c1-9(13(17)16-14(15)18)19-12-7-6-10-4-2-3-5-11(10)8-12/h2-9H,1H3,(H3,15,16,17,18)/t9-/m0/s1. The molecule has 98 valence electrons. The van der Waals surface area contributed by atoms with E-state index >= 15 is 0 Å². The molecule has 0 saturated carbocycles. The molecule has 0 bridgehead atoms. The summed E-state index contributed by atoms with van der Waals surface area (Å²) < 4.78 is 0. The van der Waals surface area contributed by atoms with Gasteiger partial charge >= 0.3 is 6.03 Å². The highest BCUT2D eigenvalue weighted by atomic mass is 32.2. The highest BCUT2D eigenvalue weighted by Gasteiger charge is 2.15. The minimum absolute atomic E-state index is 0.381. The van der Waals surface area contributed by atoms with Crippen LogP contribution in [-0.4, -0.2) is 17.2 Å². The van der Waals surface area contributed by atoms with Gasteiger partial charge in [-0.1, -0.05) is 30.3 Å². The van der Waals surface area contributed by atoms with Crippen LogP contribution < -0.4 is 11.1 Å². The molecule has 0 radical (unpaired) electrons. The number of nitrogens with two attached hydrogens (primary N) is 1. The zero-order valence-corrected chi connectivity index (χ0v) is 11.2. The van der Waals surface area contributed by atoms with Crippen LogP contribution in [0.25, 0.3) is 10.8 Å². The first-order chi connectivity index (χ1) is 9.06. The molecule has 0 aliphatic carbocycles. The van der Waals surface area contributed by atoms with Crippen LogP contribution in [0.3, 0.4) is 0 Å². The second kappa shape index (κ2) is 5.75. The second-order valence-electron chi connectivity index (χ2n) is 4.12. The van der Waals surface area contributed by atoms with E-state index in [4.69, 9.17) is 5.73 Å². The van der Waals surface area contributed by atoms with Gasteiger partial charge in [0, 0.05) is 4.90 Å². The fourth-order valence-electron chi connectivity index (χ4n) is 1.72. The Labute approximate surface area is 115 Å². The third kappa shape index (κ3) is 3.48. The molecule has 1 atom stereocenters. The Kier molecular flexibility index (Phi) is 4.06. The first-order valence-electron chi connectivity index (χ1n) is 5.82. The van der Waals surface area contributed by atoms with E-state index in [-0.39, 0.29) is 11.2 Å². The molecule has 0 aromatic heterocycles. The van der Waals surface area contributed by atoms with Gasteiger partial charge in [0.2, 0.25) is 5.91 Å². The molecule has 2 aromatic carbocycles. The monoisotopic (exact) mass is 274 g/mol. The van der Waals surface area contributed by atoms with Crippen molar-refractivity contribution in [2.45, 2.75) is 17.1 Å². The van der Waals surface area contributed by atoms with E-state index in [9.17, 15) is 9.59 Å². The van der Waals surface area contributed by atoms with Crippen molar-refractivity contribution in [2.75, 3.05) is 0 Å². The van der Waals surface area contributed by atoms with Crippen LogP contribution in [0.4, 0.5) is 4.79 Å². The van der Waals surface area contributed by atoms with Gasteiger partial charge in [0.1, 0.15) is 0 Å². The van der Waals surface area contributed by atoms with E-state index in [0.29, 0.717) is 0 Å². The molecule has 0 heterocycles. The van der Waals surface area contributed by atoms with E-state index in [1.807, 2.05) is 42.5 Å². The lowest BCUT2D eigenvalue weighted by Crippen LogP contribution is -2.39. The van der Waals surface area contributed by atoms with Crippen molar-refractivity contribution in [1.29, 1.82) is 0 Å². The van der Waals surface area contributed by atoms with Gasteiger partial charge in [-0.3, -0.25) is 10.1 Å². The number of benzene rings is 2. The lowest BCUT2D eigenvalue weighted by Gasteiger charge is -2.10. The molecular formula is C14H14N2O2S. The predicted octanol–water partition coefficient (Wildman–Crippen LogP) is 2.52. The normalized spacial score (nSPS) is 12.1. The third-order valence-corrected chi connectivity index (χ3v) is 3.74. The second-order valence-corrected chi connectivity index (χ2v) is 5.54. The highest BCUT2D eigenvalue weighted by molar-refractivity contribution is 8.00. The van der Waals surface area contributed by atoms with E-state index < -0.39 is 6.03 Å². The average molecular weight is 274 g/mol. The highest BCUT2D eigenvalue weighted by Crippen LogP contribution is 2.26. The number of fused-ring (bicyclic) bond motifs is 1. The lowest BCUT2D eigenvalue weighted by molar-refractivity contribution is -0.119. The van der Waals surface area contributed by atoms with Crippen molar-refractivity contribution in [2.24, 2.45) is 5.73 Å². The summed E-state index contributed by atoms with van der Waals surface area (Å²) in [5.41, 5.74) is 4.92. The molecule has 5 heteroatoms. The molecule has 2 aromatic rings. The number of hydrogen-bond acceptors (Lipinski definition) is 3. The Bertz CT molecular complexity index is 628. The van der Waals surface area contributed by atoms with Crippen LogP contribution in [0.1, 0.15) is 6.92 Å². The van der Waals surface area contributed by atoms with Gasteiger partial charge in [-0.25, -0.2) is 4.79 Å². The molecule has 19 heavy (non-hydrogen) atoms. The minimum Gasteiger partial charge on any atom is -0.351 e. The summed E-state index contributed by atoms with van der Waals surface area (Å²) >= 11 is 1.39. The number of nitrogens with one attached hydrogen (secondary N) is 1.